The molecule has 13 heavy (non-hydrogen) atoms. The zero-order valence-electron chi connectivity index (χ0n) is 7.53. The smallest absolute Gasteiger partial charge is 0.293 e. The topological polar surface area (TPSA) is 54.5 Å². The van der Waals surface area contributed by atoms with Gasteiger partial charge in [0.05, 0.1) is 12.6 Å². The summed E-state index contributed by atoms with van der Waals surface area (Å²) in [6.45, 7) is 2.56. The summed E-state index contributed by atoms with van der Waals surface area (Å²) in [4.78, 5) is 33.6. The summed E-state index contributed by atoms with van der Waals surface area (Å²) in [5.41, 5.74) is 0. The molecule has 1 saturated heterocycles. The Morgan fingerprint density at radius 3 is 2.62 bits per heavy atom. The highest BCUT2D eigenvalue weighted by Gasteiger charge is 2.32. The summed E-state index contributed by atoms with van der Waals surface area (Å²) in [6.07, 6.45) is 0.727. The molecule has 1 rings (SSSR count). The van der Waals surface area contributed by atoms with Crippen LogP contribution in [0.5, 0.6) is 0 Å². The summed E-state index contributed by atoms with van der Waals surface area (Å²) in [5, 5.41) is 0. The first-order chi connectivity index (χ1) is 6.13. The van der Waals surface area contributed by atoms with Crippen molar-refractivity contribution >= 4 is 25.2 Å². The zero-order chi connectivity index (χ0) is 9.84. The number of rotatable bonds is 5. The van der Waals surface area contributed by atoms with Crippen LogP contribution in [0.25, 0.3) is 0 Å². The van der Waals surface area contributed by atoms with Crippen molar-refractivity contribution in [2.45, 2.75) is 13.3 Å². The average Bonchev–Trinajstić information content (AvgIpc) is 1.93. The molecule has 0 aromatic carbocycles. The van der Waals surface area contributed by atoms with Crippen molar-refractivity contribution in [1.82, 2.24) is 4.81 Å². The third-order valence-electron chi connectivity index (χ3n) is 2.06. The van der Waals surface area contributed by atoms with Crippen molar-refractivity contribution in [2.75, 3.05) is 13.1 Å². The van der Waals surface area contributed by atoms with Crippen LogP contribution in [0, 0.1) is 5.92 Å². The Balaban J connectivity index is 2.22. The van der Waals surface area contributed by atoms with Gasteiger partial charge in [-0.25, -0.2) is 0 Å². The Hall–Kier alpha value is -0.965. The molecule has 69 valence electrons. The lowest BCUT2D eigenvalue weighted by Crippen LogP contribution is -2.52. The molecule has 0 unspecified atom stereocenters. The van der Waals surface area contributed by atoms with Crippen LogP contribution in [-0.4, -0.2) is 43.1 Å². The van der Waals surface area contributed by atoms with Gasteiger partial charge in [-0.2, -0.15) is 0 Å². The average molecular weight is 180 g/mol. The molecule has 1 fully saturated rings. The molecule has 4 nitrogen and oxygen atoms in total. The molecule has 0 aromatic rings. The first-order valence-corrected chi connectivity index (χ1v) is 4.18. The van der Waals surface area contributed by atoms with Crippen molar-refractivity contribution in [2.24, 2.45) is 5.92 Å². The fraction of sp³-hybridized carbons (Fsp3) is 0.625. The monoisotopic (exact) mass is 180 g/mol. The van der Waals surface area contributed by atoms with E-state index in [0.29, 0.717) is 19.3 Å². The maximum Gasteiger partial charge on any atom is 0.293 e. The van der Waals surface area contributed by atoms with E-state index in [2.05, 4.69) is 0 Å². The third kappa shape index (κ3) is 2.77. The molecule has 0 aromatic heterocycles. The highest BCUT2D eigenvalue weighted by Crippen LogP contribution is 2.15. The maximum absolute atomic E-state index is 11.2. The fourth-order valence-electron chi connectivity index (χ4n) is 1.31. The summed E-state index contributed by atoms with van der Waals surface area (Å²) >= 11 is 0. The van der Waals surface area contributed by atoms with E-state index in [4.69, 9.17) is 0 Å². The quantitative estimate of drug-likeness (QED) is 0.318. The standard InChI is InChI=1S/C8H11BNO3/c1-6(12)2-8(13)7-3-10(4-7)9-5-11/h5,7H,2-4H2,1H3. The highest BCUT2D eigenvalue weighted by molar-refractivity contribution is 6.64. The van der Waals surface area contributed by atoms with Crippen LogP contribution in [0.1, 0.15) is 13.3 Å². The molecule has 1 radical (unpaired) electrons. The van der Waals surface area contributed by atoms with Crippen molar-refractivity contribution in [1.29, 1.82) is 0 Å². The van der Waals surface area contributed by atoms with Crippen LogP contribution in [0.2, 0.25) is 0 Å². The van der Waals surface area contributed by atoms with E-state index in [1.54, 1.807) is 4.81 Å². The van der Waals surface area contributed by atoms with Gasteiger partial charge in [0, 0.05) is 5.92 Å². The van der Waals surface area contributed by atoms with E-state index in [-0.39, 0.29) is 23.9 Å². The summed E-state index contributed by atoms with van der Waals surface area (Å²) in [6, 6.07) is 0. The predicted molar refractivity (Wildman–Crippen MR) is 47.9 cm³/mol. The van der Waals surface area contributed by atoms with Crippen molar-refractivity contribution < 1.29 is 14.4 Å². The largest absolute Gasteiger partial charge is 0.338 e. The van der Waals surface area contributed by atoms with Gasteiger partial charge in [0.1, 0.15) is 11.6 Å². The molecule has 0 saturated carbocycles. The zero-order valence-corrected chi connectivity index (χ0v) is 7.53. The fourth-order valence-corrected chi connectivity index (χ4v) is 1.31. The first kappa shape index (κ1) is 10.1. The molecule has 0 amide bonds. The molecule has 1 heterocycles. The van der Waals surface area contributed by atoms with Gasteiger partial charge in [-0.1, -0.05) is 0 Å². The lowest BCUT2D eigenvalue weighted by molar-refractivity contribution is -0.130. The Morgan fingerprint density at radius 1 is 1.54 bits per heavy atom. The number of Topliss-reactive ketones (excluding diaryl/α,β-unsaturated/α-hetero) is 2. The maximum atomic E-state index is 11.2. The highest BCUT2D eigenvalue weighted by atomic mass is 16.1. The number of nitrogens with zero attached hydrogens (tertiary/aromatic N) is 1. The van der Waals surface area contributed by atoms with Gasteiger partial charge >= 0.3 is 0 Å². The summed E-state index contributed by atoms with van der Waals surface area (Å²) < 4.78 is 0. The van der Waals surface area contributed by atoms with Crippen molar-refractivity contribution in [3.8, 4) is 0 Å². The van der Waals surface area contributed by atoms with Gasteiger partial charge in [-0.05, 0) is 20.0 Å². The Bertz CT molecular complexity index is 236. The van der Waals surface area contributed by atoms with Gasteiger partial charge in [0.2, 0.25) is 0 Å². The number of ketones is 2. The molecule has 0 N–H and O–H groups in total. The molecular weight excluding hydrogens is 169 g/mol. The second-order valence-corrected chi connectivity index (χ2v) is 3.28. The minimum absolute atomic E-state index is 0.0111. The number of carbonyl (C=O) groups excluding carboxylic acids is 3. The minimum atomic E-state index is -0.0946. The van der Waals surface area contributed by atoms with Crippen molar-refractivity contribution in [3.05, 3.63) is 0 Å². The number of carbonyl (C=O) groups is 3. The first-order valence-electron chi connectivity index (χ1n) is 4.18. The third-order valence-corrected chi connectivity index (χ3v) is 2.06. The molecule has 5 heteroatoms. The lowest BCUT2D eigenvalue weighted by Gasteiger charge is -2.36. The van der Waals surface area contributed by atoms with Crippen LogP contribution in [0.3, 0.4) is 0 Å². The Kier molecular flexibility index (Phi) is 3.36. The van der Waals surface area contributed by atoms with E-state index >= 15 is 0 Å². The van der Waals surface area contributed by atoms with E-state index in [9.17, 15) is 14.4 Å². The molecule has 0 aliphatic carbocycles. The van der Waals surface area contributed by atoms with Gasteiger partial charge < -0.3 is 9.61 Å². The molecule has 0 spiro atoms. The minimum Gasteiger partial charge on any atom is -0.338 e. The van der Waals surface area contributed by atoms with E-state index in [1.807, 2.05) is 0 Å². The van der Waals surface area contributed by atoms with Crippen LogP contribution in [-0.2, 0) is 14.4 Å². The van der Waals surface area contributed by atoms with Gasteiger partial charge in [0.25, 0.3) is 7.41 Å². The molecule has 1 aliphatic heterocycles. The van der Waals surface area contributed by atoms with Crippen molar-refractivity contribution in [3.63, 3.8) is 0 Å². The van der Waals surface area contributed by atoms with E-state index in [1.165, 1.54) is 14.3 Å². The Morgan fingerprint density at radius 2 is 2.15 bits per heavy atom. The molecule has 1 aliphatic rings. The molecule has 0 atom stereocenters. The summed E-state index contributed by atoms with van der Waals surface area (Å²) in [7, 11) is 1.41. The number of hydrogen-bond donors (Lipinski definition) is 0. The van der Waals surface area contributed by atoms with Crippen LogP contribution in [0.15, 0.2) is 0 Å². The second-order valence-electron chi connectivity index (χ2n) is 3.28. The van der Waals surface area contributed by atoms with E-state index in [0.717, 1.165) is 0 Å². The second kappa shape index (κ2) is 4.32. The normalized spacial score (nSPS) is 17.6. The van der Waals surface area contributed by atoms with Crippen LogP contribution >= 0.6 is 0 Å². The van der Waals surface area contributed by atoms with Gasteiger partial charge in [-0.15, -0.1) is 0 Å². The Labute approximate surface area is 77.5 Å². The molecule has 0 bridgehead atoms. The van der Waals surface area contributed by atoms with Crippen LogP contribution in [0.4, 0.5) is 0 Å². The molecular formula is C8H11BNO3. The SMILES string of the molecule is CC(=O)CC(=O)C1CN([B]C=O)C1. The summed E-state index contributed by atoms with van der Waals surface area (Å²) in [5.74, 6) is -0.161. The lowest BCUT2D eigenvalue weighted by atomic mass is 9.82. The van der Waals surface area contributed by atoms with E-state index < -0.39 is 0 Å². The number of hydrogen-bond acceptors (Lipinski definition) is 4. The van der Waals surface area contributed by atoms with Crippen LogP contribution < -0.4 is 0 Å². The predicted octanol–water partition coefficient (Wildman–Crippen LogP) is -0.724. The van der Waals surface area contributed by atoms with Gasteiger partial charge in [-0.3, -0.25) is 9.59 Å². The van der Waals surface area contributed by atoms with Gasteiger partial charge in [0.15, 0.2) is 0 Å².